The van der Waals surface area contributed by atoms with Gasteiger partial charge in [-0.05, 0) is 49.9 Å². The highest BCUT2D eigenvalue weighted by molar-refractivity contribution is 6.30. The summed E-state index contributed by atoms with van der Waals surface area (Å²) in [5.74, 6) is 0. The van der Waals surface area contributed by atoms with Crippen LogP contribution in [0.25, 0.3) is 0 Å². The molecule has 1 aliphatic carbocycles. The van der Waals surface area contributed by atoms with E-state index in [1.54, 1.807) is 0 Å². The SMILES string of the molecule is Clc1ccc(CN2CCCC2CNC2CC2)cc1. The summed E-state index contributed by atoms with van der Waals surface area (Å²) in [4.78, 5) is 2.61. The van der Waals surface area contributed by atoms with E-state index in [2.05, 4.69) is 22.3 Å². The van der Waals surface area contributed by atoms with Gasteiger partial charge in [-0.25, -0.2) is 0 Å². The van der Waals surface area contributed by atoms with Gasteiger partial charge in [0.15, 0.2) is 0 Å². The van der Waals surface area contributed by atoms with Crippen molar-refractivity contribution in [2.75, 3.05) is 13.1 Å². The molecule has 0 amide bonds. The minimum absolute atomic E-state index is 0.723. The summed E-state index contributed by atoms with van der Waals surface area (Å²) in [5.41, 5.74) is 1.37. The number of hydrogen-bond acceptors (Lipinski definition) is 2. The Bertz CT molecular complexity index is 386. The van der Waals surface area contributed by atoms with Crippen molar-refractivity contribution in [2.45, 2.75) is 44.3 Å². The summed E-state index contributed by atoms with van der Waals surface area (Å²) in [6.45, 7) is 3.46. The van der Waals surface area contributed by atoms with Crippen LogP contribution in [0.4, 0.5) is 0 Å². The van der Waals surface area contributed by atoms with Gasteiger partial charge in [0.2, 0.25) is 0 Å². The van der Waals surface area contributed by atoms with Gasteiger partial charge in [-0.3, -0.25) is 4.90 Å². The van der Waals surface area contributed by atoms with Gasteiger partial charge >= 0.3 is 0 Å². The summed E-state index contributed by atoms with van der Waals surface area (Å²) >= 11 is 5.92. The molecule has 1 aromatic rings. The van der Waals surface area contributed by atoms with Gasteiger partial charge < -0.3 is 5.32 Å². The first-order valence-corrected chi connectivity index (χ1v) is 7.41. The van der Waals surface area contributed by atoms with Crippen LogP contribution >= 0.6 is 11.6 Å². The molecule has 3 rings (SSSR count). The van der Waals surface area contributed by atoms with Crippen LogP contribution in [0, 0.1) is 0 Å². The number of likely N-dealkylation sites (tertiary alicyclic amines) is 1. The van der Waals surface area contributed by atoms with Crippen LogP contribution in [0.3, 0.4) is 0 Å². The fourth-order valence-electron chi connectivity index (χ4n) is 2.75. The second-order valence-electron chi connectivity index (χ2n) is 5.58. The molecule has 1 saturated carbocycles. The van der Waals surface area contributed by atoms with Crippen LogP contribution in [-0.2, 0) is 6.54 Å². The van der Waals surface area contributed by atoms with Crippen LogP contribution in [0.2, 0.25) is 5.02 Å². The summed E-state index contributed by atoms with van der Waals surface area (Å²) < 4.78 is 0. The third-order valence-electron chi connectivity index (χ3n) is 4.02. The Hall–Kier alpha value is -0.570. The molecule has 1 N–H and O–H groups in total. The lowest BCUT2D eigenvalue weighted by atomic mass is 10.2. The van der Waals surface area contributed by atoms with Crippen molar-refractivity contribution >= 4 is 11.6 Å². The number of halogens is 1. The maximum atomic E-state index is 5.92. The number of nitrogens with zero attached hydrogens (tertiary/aromatic N) is 1. The molecule has 1 aliphatic heterocycles. The number of nitrogens with one attached hydrogen (secondary N) is 1. The lowest BCUT2D eigenvalue weighted by Gasteiger charge is -2.25. The van der Waals surface area contributed by atoms with Crippen LogP contribution in [0.1, 0.15) is 31.2 Å². The predicted molar refractivity (Wildman–Crippen MR) is 75.9 cm³/mol. The number of rotatable bonds is 5. The van der Waals surface area contributed by atoms with Crippen molar-refractivity contribution in [3.8, 4) is 0 Å². The maximum Gasteiger partial charge on any atom is 0.0406 e. The minimum atomic E-state index is 0.723. The van der Waals surface area contributed by atoms with Crippen molar-refractivity contribution < 1.29 is 0 Å². The zero-order valence-electron chi connectivity index (χ0n) is 10.7. The Morgan fingerprint density at radius 1 is 1.17 bits per heavy atom. The van der Waals surface area contributed by atoms with Gasteiger partial charge in [-0.2, -0.15) is 0 Å². The molecule has 18 heavy (non-hydrogen) atoms. The molecule has 1 saturated heterocycles. The first-order chi connectivity index (χ1) is 8.81. The van der Waals surface area contributed by atoms with Gasteiger partial charge in [-0.15, -0.1) is 0 Å². The van der Waals surface area contributed by atoms with E-state index in [4.69, 9.17) is 11.6 Å². The smallest absolute Gasteiger partial charge is 0.0406 e. The third kappa shape index (κ3) is 3.25. The van der Waals surface area contributed by atoms with Crippen molar-refractivity contribution in [1.29, 1.82) is 0 Å². The van der Waals surface area contributed by atoms with Crippen molar-refractivity contribution in [3.05, 3.63) is 34.9 Å². The van der Waals surface area contributed by atoms with Gasteiger partial charge in [0, 0.05) is 30.2 Å². The van der Waals surface area contributed by atoms with Crippen LogP contribution in [0.5, 0.6) is 0 Å². The molecule has 98 valence electrons. The van der Waals surface area contributed by atoms with Gasteiger partial charge in [0.1, 0.15) is 0 Å². The van der Waals surface area contributed by atoms with Gasteiger partial charge in [0.25, 0.3) is 0 Å². The standard InChI is InChI=1S/C15H21ClN2/c16-13-5-3-12(4-6-13)11-18-9-1-2-15(18)10-17-14-7-8-14/h3-6,14-15,17H,1-2,7-11H2. The molecule has 2 aliphatic rings. The Kier molecular flexibility index (Phi) is 3.88. The van der Waals surface area contributed by atoms with Gasteiger partial charge in [0.05, 0.1) is 0 Å². The highest BCUT2D eigenvalue weighted by Crippen LogP contribution is 2.23. The Morgan fingerprint density at radius 2 is 1.94 bits per heavy atom. The molecule has 1 aromatic carbocycles. The number of hydrogen-bond donors (Lipinski definition) is 1. The quantitative estimate of drug-likeness (QED) is 0.879. The lowest BCUT2D eigenvalue weighted by Crippen LogP contribution is -2.38. The van der Waals surface area contributed by atoms with E-state index in [0.717, 1.165) is 30.2 Å². The zero-order chi connectivity index (χ0) is 12.4. The van der Waals surface area contributed by atoms with E-state index >= 15 is 0 Å². The average molecular weight is 265 g/mol. The molecule has 1 heterocycles. The summed E-state index contributed by atoms with van der Waals surface area (Å²) in [6, 6.07) is 9.82. The molecule has 0 aromatic heterocycles. The highest BCUT2D eigenvalue weighted by atomic mass is 35.5. The Labute approximate surface area is 114 Å². The summed E-state index contributed by atoms with van der Waals surface area (Å²) in [7, 11) is 0. The summed E-state index contributed by atoms with van der Waals surface area (Å²) in [5, 5.41) is 4.49. The van der Waals surface area contributed by atoms with Gasteiger partial charge in [-0.1, -0.05) is 23.7 Å². The molecule has 0 bridgehead atoms. The predicted octanol–water partition coefficient (Wildman–Crippen LogP) is 3.06. The first kappa shape index (κ1) is 12.5. The Balaban J connectivity index is 1.54. The molecular weight excluding hydrogens is 244 g/mol. The monoisotopic (exact) mass is 264 g/mol. The maximum absolute atomic E-state index is 5.92. The zero-order valence-corrected chi connectivity index (χ0v) is 11.5. The molecule has 1 unspecified atom stereocenters. The molecule has 0 radical (unpaired) electrons. The van der Waals surface area contributed by atoms with E-state index < -0.39 is 0 Å². The fourth-order valence-corrected chi connectivity index (χ4v) is 2.87. The van der Waals surface area contributed by atoms with Crippen molar-refractivity contribution in [3.63, 3.8) is 0 Å². The molecular formula is C15H21ClN2. The molecule has 2 nitrogen and oxygen atoms in total. The van der Waals surface area contributed by atoms with Crippen molar-refractivity contribution in [1.82, 2.24) is 10.2 Å². The second kappa shape index (κ2) is 5.60. The average Bonchev–Trinajstić information content (AvgIpc) is 3.11. The van der Waals surface area contributed by atoms with E-state index in [9.17, 15) is 0 Å². The van der Waals surface area contributed by atoms with Crippen LogP contribution in [-0.4, -0.2) is 30.1 Å². The molecule has 2 fully saturated rings. The molecule has 0 spiro atoms. The molecule has 3 heteroatoms. The topological polar surface area (TPSA) is 15.3 Å². The first-order valence-electron chi connectivity index (χ1n) is 7.03. The van der Waals surface area contributed by atoms with E-state index in [-0.39, 0.29) is 0 Å². The van der Waals surface area contributed by atoms with E-state index in [1.165, 1.54) is 37.8 Å². The third-order valence-corrected chi connectivity index (χ3v) is 4.27. The highest BCUT2D eigenvalue weighted by Gasteiger charge is 2.27. The number of benzene rings is 1. The fraction of sp³-hybridized carbons (Fsp3) is 0.600. The van der Waals surface area contributed by atoms with Crippen LogP contribution in [0.15, 0.2) is 24.3 Å². The largest absolute Gasteiger partial charge is 0.312 e. The normalized spacial score (nSPS) is 24.6. The van der Waals surface area contributed by atoms with E-state index in [0.29, 0.717) is 0 Å². The summed E-state index contributed by atoms with van der Waals surface area (Å²) in [6.07, 6.45) is 5.44. The molecule has 1 atom stereocenters. The van der Waals surface area contributed by atoms with Crippen molar-refractivity contribution in [2.24, 2.45) is 0 Å². The minimum Gasteiger partial charge on any atom is -0.312 e. The van der Waals surface area contributed by atoms with Crippen LogP contribution < -0.4 is 5.32 Å². The second-order valence-corrected chi connectivity index (χ2v) is 6.01. The lowest BCUT2D eigenvalue weighted by molar-refractivity contribution is 0.239. The Morgan fingerprint density at radius 3 is 2.67 bits per heavy atom. The van der Waals surface area contributed by atoms with E-state index in [1.807, 2.05) is 12.1 Å².